The molecule has 110 valence electrons. The van der Waals surface area contributed by atoms with E-state index in [1.807, 2.05) is 20.0 Å². The van der Waals surface area contributed by atoms with Crippen molar-refractivity contribution in [2.75, 3.05) is 20.1 Å². The molecule has 0 spiro atoms. The maximum absolute atomic E-state index is 11.7. The number of hydrogen-bond donors (Lipinski definition) is 2. The largest absolute Gasteiger partial charge is 0.368 e. The van der Waals surface area contributed by atoms with E-state index in [1.165, 1.54) is 5.56 Å². The highest BCUT2D eigenvalue weighted by Gasteiger charge is 2.37. The van der Waals surface area contributed by atoms with Crippen LogP contribution in [0.1, 0.15) is 25.3 Å². The van der Waals surface area contributed by atoms with E-state index in [9.17, 15) is 4.79 Å². The van der Waals surface area contributed by atoms with Gasteiger partial charge < -0.3 is 10.6 Å². The molecule has 0 radical (unpaired) electrons. The van der Waals surface area contributed by atoms with Crippen LogP contribution in [0.2, 0.25) is 0 Å². The van der Waals surface area contributed by atoms with E-state index in [2.05, 4.69) is 34.5 Å². The fourth-order valence-electron chi connectivity index (χ4n) is 2.46. The van der Waals surface area contributed by atoms with Gasteiger partial charge in [-0.3, -0.25) is 10.1 Å². The van der Waals surface area contributed by atoms with Crippen molar-refractivity contribution < 1.29 is 4.79 Å². The van der Waals surface area contributed by atoms with Crippen LogP contribution in [0.4, 0.5) is 0 Å². The molecular formula is C16H25N3O. The normalized spacial score (nSPS) is 17.9. The molecule has 1 amide bonds. The van der Waals surface area contributed by atoms with E-state index >= 15 is 0 Å². The maximum Gasteiger partial charge on any atom is 0.238 e. The lowest BCUT2D eigenvalue weighted by molar-refractivity contribution is -0.124. The third-order valence-corrected chi connectivity index (χ3v) is 3.86. The molecule has 3 N–H and O–H groups in total. The maximum atomic E-state index is 11.7. The predicted molar refractivity (Wildman–Crippen MR) is 81.4 cm³/mol. The number of benzene rings is 1. The lowest BCUT2D eigenvalue weighted by Gasteiger charge is -2.32. The van der Waals surface area contributed by atoms with Crippen molar-refractivity contribution >= 4 is 5.91 Å². The molecule has 1 saturated carbocycles. The van der Waals surface area contributed by atoms with Crippen molar-refractivity contribution in [2.24, 2.45) is 5.73 Å². The van der Waals surface area contributed by atoms with Crippen molar-refractivity contribution in [1.82, 2.24) is 10.2 Å². The summed E-state index contributed by atoms with van der Waals surface area (Å²) in [7, 11) is 2.04. The van der Waals surface area contributed by atoms with Gasteiger partial charge in [-0.15, -0.1) is 0 Å². The molecule has 2 rings (SSSR count). The number of carbonyl (C=O) groups excluding carboxylic acids is 1. The van der Waals surface area contributed by atoms with E-state index < -0.39 is 5.54 Å². The number of carbonyl (C=O) groups is 1. The summed E-state index contributed by atoms with van der Waals surface area (Å²) in [5.74, 6) is -0.268. The quantitative estimate of drug-likeness (QED) is 0.748. The van der Waals surface area contributed by atoms with Crippen LogP contribution >= 0.6 is 0 Å². The molecule has 4 nitrogen and oxygen atoms in total. The SMILES string of the molecule is CN(CCc1ccccc1)CC(C)(NC1CC1)C(N)=O. The Kier molecular flexibility index (Phi) is 4.78. The summed E-state index contributed by atoms with van der Waals surface area (Å²) in [6.07, 6.45) is 3.28. The molecule has 0 heterocycles. The minimum Gasteiger partial charge on any atom is -0.368 e. The van der Waals surface area contributed by atoms with E-state index in [0.717, 1.165) is 25.8 Å². The van der Waals surface area contributed by atoms with Crippen LogP contribution in [0.15, 0.2) is 30.3 Å². The number of hydrogen-bond acceptors (Lipinski definition) is 3. The fourth-order valence-corrected chi connectivity index (χ4v) is 2.46. The summed E-state index contributed by atoms with van der Waals surface area (Å²) in [6, 6.07) is 10.9. The highest BCUT2D eigenvalue weighted by Crippen LogP contribution is 2.22. The van der Waals surface area contributed by atoms with Crippen molar-refractivity contribution in [2.45, 2.75) is 37.8 Å². The van der Waals surface area contributed by atoms with Crippen LogP contribution < -0.4 is 11.1 Å². The minimum atomic E-state index is -0.632. The van der Waals surface area contributed by atoms with Crippen LogP contribution in [-0.4, -0.2) is 42.5 Å². The Hall–Kier alpha value is -1.39. The Bertz CT molecular complexity index is 444. The molecule has 1 aromatic carbocycles. The summed E-state index contributed by atoms with van der Waals surface area (Å²) in [4.78, 5) is 13.9. The zero-order valence-electron chi connectivity index (χ0n) is 12.4. The topological polar surface area (TPSA) is 58.4 Å². The molecule has 0 saturated heterocycles. The molecule has 4 heteroatoms. The van der Waals surface area contributed by atoms with Gasteiger partial charge in [0.05, 0.1) is 0 Å². The number of primary amides is 1. The summed E-state index contributed by atoms with van der Waals surface area (Å²) >= 11 is 0. The molecule has 1 atom stereocenters. The average molecular weight is 275 g/mol. The van der Waals surface area contributed by atoms with Gasteiger partial charge in [-0.2, -0.15) is 0 Å². The number of nitrogens with one attached hydrogen (secondary N) is 1. The van der Waals surface area contributed by atoms with Crippen molar-refractivity contribution in [1.29, 1.82) is 0 Å². The minimum absolute atomic E-state index is 0.268. The highest BCUT2D eigenvalue weighted by molar-refractivity contribution is 5.84. The second kappa shape index (κ2) is 6.37. The number of likely N-dealkylation sites (N-methyl/N-ethyl adjacent to an activating group) is 1. The Balaban J connectivity index is 1.84. The van der Waals surface area contributed by atoms with Crippen LogP contribution in [0.3, 0.4) is 0 Å². The zero-order valence-corrected chi connectivity index (χ0v) is 12.4. The van der Waals surface area contributed by atoms with Crippen LogP contribution in [-0.2, 0) is 11.2 Å². The van der Waals surface area contributed by atoms with Gasteiger partial charge in [0.2, 0.25) is 5.91 Å². The molecule has 1 aliphatic rings. The van der Waals surface area contributed by atoms with E-state index in [4.69, 9.17) is 5.73 Å². The number of amides is 1. The van der Waals surface area contributed by atoms with Gasteiger partial charge in [0.1, 0.15) is 5.54 Å². The number of nitrogens with two attached hydrogens (primary N) is 1. The molecule has 0 bridgehead atoms. The number of nitrogens with zero attached hydrogens (tertiary/aromatic N) is 1. The smallest absolute Gasteiger partial charge is 0.238 e. The molecule has 0 aliphatic heterocycles. The Morgan fingerprint density at radius 2 is 2.05 bits per heavy atom. The Morgan fingerprint density at radius 1 is 1.40 bits per heavy atom. The third kappa shape index (κ3) is 4.32. The van der Waals surface area contributed by atoms with Crippen molar-refractivity contribution in [3.63, 3.8) is 0 Å². The van der Waals surface area contributed by atoms with Gasteiger partial charge in [0.15, 0.2) is 0 Å². The van der Waals surface area contributed by atoms with E-state index in [1.54, 1.807) is 0 Å². The molecule has 1 aromatic rings. The lowest BCUT2D eigenvalue weighted by Crippen LogP contribution is -2.59. The van der Waals surface area contributed by atoms with Crippen molar-refractivity contribution in [3.8, 4) is 0 Å². The van der Waals surface area contributed by atoms with Gasteiger partial charge in [0, 0.05) is 19.1 Å². The molecule has 0 aromatic heterocycles. The summed E-state index contributed by atoms with van der Waals surface area (Å²) in [5, 5.41) is 3.38. The summed E-state index contributed by atoms with van der Waals surface area (Å²) in [6.45, 7) is 3.47. The van der Waals surface area contributed by atoms with Gasteiger partial charge in [-0.05, 0) is 38.8 Å². The van der Waals surface area contributed by atoms with Gasteiger partial charge >= 0.3 is 0 Å². The molecule has 20 heavy (non-hydrogen) atoms. The van der Waals surface area contributed by atoms with Crippen LogP contribution in [0.5, 0.6) is 0 Å². The number of rotatable bonds is 8. The third-order valence-electron chi connectivity index (χ3n) is 3.86. The lowest BCUT2D eigenvalue weighted by atomic mass is 10.0. The van der Waals surface area contributed by atoms with Crippen molar-refractivity contribution in [3.05, 3.63) is 35.9 Å². The second-order valence-corrected chi connectivity index (χ2v) is 6.09. The van der Waals surface area contributed by atoms with E-state index in [0.29, 0.717) is 12.6 Å². The average Bonchev–Trinajstić information content (AvgIpc) is 3.21. The first-order valence-electron chi connectivity index (χ1n) is 7.30. The Morgan fingerprint density at radius 3 is 2.60 bits per heavy atom. The summed E-state index contributed by atoms with van der Waals surface area (Å²) < 4.78 is 0. The zero-order chi connectivity index (χ0) is 14.6. The first-order valence-corrected chi connectivity index (χ1v) is 7.30. The van der Waals surface area contributed by atoms with Crippen LogP contribution in [0, 0.1) is 0 Å². The Labute approximate surface area is 121 Å². The molecule has 1 aliphatic carbocycles. The van der Waals surface area contributed by atoms with Gasteiger partial charge in [0.25, 0.3) is 0 Å². The van der Waals surface area contributed by atoms with E-state index in [-0.39, 0.29) is 5.91 Å². The summed E-state index contributed by atoms with van der Waals surface area (Å²) in [5.41, 5.74) is 6.26. The second-order valence-electron chi connectivity index (χ2n) is 6.09. The molecular weight excluding hydrogens is 250 g/mol. The van der Waals surface area contributed by atoms with Gasteiger partial charge in [-0.1, -0.05) is 30.3 Å². The predicted octanol–water partition coefficient (Wildman–Crippen LogP) is 1.16. The van der Waals surface area contributed by atoms with Crippen LogP contribution in [0.25, 0.3) is 0 Å². The first kappa shape index (κ1) is 15.0. The monoisotopic (exact) mass is 275 g/mol. The standard InChI is InChI=1S/C16H25N3O/c1-16(15(17)20,18-14-8-9-14)12-19(2)11-10-13-6-4-3-5-7-13/h3-7,14,18H,8-12H2,1-2H3,(H2,17,20). The molecule has 1 fully saturated rings. The highest BCUT2D eigenvalue weighted by atomic mass is 16.1. The van der Waals surface area contributed by atoms with Gasteiger partial charge in [-0.25, -0.2) is 0 Å². The fraction of sp³-hybridized carbons (Fsp3) is 0.562. The first-order chi connectivity index (χ1) is 9.49. The molecule has 1 unspecified atom stereocenters.